The Morgan fingerprint density at radius 2 is 2.41 bits per heavy atom. The number of thiazole rings is 1. The van der Waals surface area contributed by atoms with Gasteiger partial charge in [0.15, 0.2) is 5.13 Å². The van der Waals surface area contributed by atoms with Gasteiger partial charge in [-0.3, -0.25) is 4.79 Å². The van der Waals surface area contributed by atoms with Crippen molar-refractivity contribution in [1.82, 2.24) is 4.98 Å². The van der Waals surface area contributed by atoms with E-state index in [9.17, 15) is 4.79 Å². The van der Waals surface area contributed by atoms with Gasteiger partial charge >= 0.3 is 5.97 Å². The van der Waals surface area contributed by atoms with Gasteiger partial charge in [0.05, 0.1) is 5.92 Å². The molecule has 1 aromatic rings. The van der Waals surface area contributed by atoms with Crippen LogP contribution in [0.1, 0.15) is 37.5 Å². The second kappa shape index (κ2) is 5.04. The molecule has 0 saturated carbocycles. The minimum atomic E-state index is -0.685. The number of rotatable bonds is 3. The lowest BCUT2D eigenvalue weighted by Gasteiger charge is -2.30. The Balaban J connectivity index is 2.08. The molecule has 1 N–H and O–H groups in total. The molecule has 5 heteroatoms. The first-order valence-electron chi connectivity index (χ1n) is 6.01. The molecule has 2 rings (SSSR count). The molecule has 0 spiro atoms. The molecule has 0 amide bonds. The van der Waals surface area contributed by atoms with E-state index in [0.29, 0.717) is 12.5 Å². The summed E-state index contributed by atoms with van der Waals surface area (Å²) in [7, 11) is 0. The fourth-order valence-electron chi connectivity index (χ4n) is 2.04. The first-order valence-corrected chi connectivity index (χ1v) is 6.83. The molecule has 1 atom stereocenters. The molecular formula is C12H18N2O2S. The predicted molar refractivity (Wildman–Crippen MR) is 68.8 cm³/mol. The molecular weight excluding hydrogens is 236 g/mol. The fraction of sp³-hybridized carbons (Fsp3) is 0.667. The van der Waals surface area contributed by atoms with E-state index >= 15 is 0 Å². The van der Waals surface area contributed by atoms with Crippen LogP contribution < -0.4 is 4.90 Å². The molecule has 0 aromatic carbocycles. The van der Waals surface area contributed by atoms with E-state index in [1.54, 1.807) is 11.3 Å². The van der Waals surface area contributed by atoms with Gasteiger partial charge in [0.25, 0.3) is 0 Å². The van der Waals surface area contributed by atoms with Crippen molar-refractivity contribution < 1.29 is 9.90 Å². The Hall–Kier alpha value is -1.10. The summed E-state index contributed by atoms with van der Waals surface area (Å²) < 4.78 is 0. The van der Waals surface area contributed by atoms with Gasteiger partial charge in [-0.1, -0.05) is 13.8 Å². The molecule has 1 aromatic heterocycles. The third kappa shape index (κ3) is 2.77. The largest absolute Gasteiger partial charge is 0.481 e. The molecule has 0 aliphatic carbocycles. The summed E-state index contributed by atoms with van der Waals surface area (Å²) in [6, 6.07) is 0. The molecule has 1 aliphatic heterocycles. The number of aliphatic carboxylic acids is 1. The Bertz CT molecular complexity index is 403. The van der Waals surface area contributed by atoms with Crippen LogP contribution in [-0.2, 0) is 4.79 Å². The predicted octanol–water partition coefficient (Wildman–Crippen LogP) is 2.57. The number of carboxylic acid groups (broad SMARTS) is 1. The molecule has 94 valence electrons. The Morgan fingerprint density at radius 1 is 1.65 bits per heavy atom. The van der Waals surface area contributed by atoms with E-state index in [2.05, 4.69) is 23.7 Å². The maximum Gasteiger partial charge on any atom is 0.308 e. The summed E-state index contributed by atoms with van der Waals surface area (Å²) in [5.41, 5.74) is 0. The summed E-state index contributed by atoms with van der Waals surface area (Å²) in [6.07, 6.45) is 3.64. The number of carbonyl (C=O) groups is 1. The highest BCUT2D eigenvalue weighted by atomic mass is 32.1. The summed E-state index contributed by atoms with van der Waals surface area (Å²) in [6.45, 7) is 5.82. The fourth-order valence-corrected chi connectivity index (χ4v) is 2.99. The van der Waals surface area contributed by atoms with Crippen LogP contribution in [0.2, 0.25) is 0 Å². The quantitative estimate of drug-likeness (QED) is 0.900. The summed E-state index contributed by atoms with van der Waals surface area (Å²) >= 11 is 1.68. The smallest absolute Gasteiger partial charge is 0.308 e. The van der Waals surface area contributed by atoms with Gasteiger partial charge in [-0.15, -0.1) is 11.3 Å². The van der Waals surface area contributed by atoms with Crippen LogP contribution in [0.25, 0.3) is 0 Å². The zero-order valence-electron chi connectivity index (χ0n) is 10.2. The minimum Gasteiger partial charge on any atom is -0.481 e. The van der Waals surface area contributed by atoms with E-state index in [1.165, 1.54) is 4.88 Å². The number of anilines is 1. The van der Waals surface area contributed by atoms with Crippen LogP contribution in [0.4, 0.5) is 5.13 Å². The Labute approximate surface area is 105 Å². The van der Waals surface area contributed by atoms with E-state index in [1.807, 2.05) is 6.20 Å². The van der Waals surface area contributed by atoms with Crippen molar-refractivity contribution in [3.8, 4) is 0 Å². The number of hydrogen-bond acceptors (Lipinski definition) is 4. The Morgan fingerprint density at radius 3 is 3.00 bits per heavy atom. The van der Waals surface area contributed by atoms with E-state index < -0.39 is 5.97 Å². The highest BCUT2D eigenvalue weighted by Gasteiger charge is 2.26. The number of piperidine rings is 1. The third-order valence-corrected chi connectivity index (χ3v) is 4.48. The van der Waals surface area contributed by atoms with Gasteiger partial charge in [-0.25, -0.2) is 4.98 Å². The molecule has 1 fully saturated rings. The van der Waals surface area contributed by atoms with Crippen LogP contribution >= 0.6 is 11.3 Å². The Kier molecular flexibility index (Phi) is 3.66. The van der Waals surface area contributed by atoms with Gasteiger partial charge in [0, 0.05) is 24.2 Å². The second-order valence-electron chi connectivity index (χ2n) is 4.82. The first-order chi connectivity index (χ1) is 8.08. The molecule has 1 unspecified atom stereocenters. The average Bonchev–Trinajstić information content (AvgIpc) is 2.78. The number of nitrogens with zero attached hydrogens (tertiary/aromatic N) is 2. The summed E-state index contributed by atoms with van der Waals surface area (Å²) in [4.78, 5) is 18.8. The number of carboxylic acids is 1. The zero-order chi connectivity index (χ0) is 12.4. The molecule has 1 saturated heterocycles. The molecule has 0 radical (unpaired) electrons. The minimum absolute atomic E-state index is 0.241. The topological polar surface area (TPSA) is 53.4 Å². The molecule has 17 heavy (non-hydrogen) atoms. The standard InChI is InChI=1S/C12H18N2O2S/c1-8(2)10-6-13-12(17-10)14-5-3-4-9(7-14)11(15)16/h6,8-9H,3-5,7H2,1-2H3,(H,15,16). The van der Waals surface area contributed by atoms with Crippen LogP contribution in [-0.4, -0.2) is 29.1 Å². The maximum atomic E-state index is 11.0. The SMILES string of the molecule is CC(C)c1cnc(N2CCCC(C(=O)O)C2)s1. The summed E-state index contributed by atoms with van der Waals surface area (Å²) in [5.74, 6) is -0.438. The van der Waals surface area contributed by atoms with Gasteiger partial charge in [-0.2, -0.15) is 0 Å². The van der Waals surface area contributed by atoms with Crippen molar-refractivity contribution in [2.75, 3.05) is 18.0 Å². The van der Waals surface area contributed by atoms with Crippen molar-refractivity contribution in [3.05, 3.63) is 11.1 Å². The molecule has 0 bridgehead atoms. The lowest BCUT2D eigenvalue weighted by Crippen LogP contribution is -2.38. The maximum absolute atomic E-state index is 11.0. The van der Waals surface area contributed by atoms with Gasteiger partial charge in [-0.05, 0) is 18.8 Å². The zero-order valence-corrected chi connectivity index (χ0v) is 11.0. The third-order valence-electron chi connectivity index (χ3n) is 3.12. The van der Waals surface area contributed by atoms with Gasteiger partial charge < -0.3 is 10.0 Å². The molecule has 4 nitrogen and oxygen atoms in total. The van der Waals surface area contributed by atoms with E-state index in [-0.39, 0.29) is 5.92 Å². The van der Waals surface area contributed by atoms with Crippen LogP contribution in [0.15, 0.2) is 6.20 Å². The molecule has 1 aliphatic rings. The van der Waals surface area contributed by atoms with Crippen molar-refractivity contribution in [2.24, 2.45) is 5.92 Å². The number of aromatic nitrogens is 1. The highest BCUT2D eigenvalue weighted by molar-refractivity contribution is 7.15. The lowest BCUT2D eigenvalue weighted by atomic mass is 9.99. The monoisotopic (exact) mass is 254 g/mol. The van der Waals surface area contributed by atoms with Crippen LogP contribution in [0.5, 0.6) is 0 Å². The van der Waals surface area contributed by atoms with Gasteiger partial charge in [0.1, 0.15) is 0 Å². The molecule has 2 heterocycles. The normalized spacial score (nSPS) is 20.9. The lowest BCUT2D eigenvalue weighted by molar-refractivity contribution is -0.141. The van der Waals surface area contributed by atoms with Crippen molar-refractivity contribution in [2.45, 2.75) is 32.6 Å². The first kappa shape index (κ1) is 12.4. The second-order valence-corrected chi connectivity index (χ2v) is 5.86. The van der Waals surface area contributed by atoms with Crippen LogP contribution in [0, 0.1) is 5.92 Å². The van der Waals surface area contributed by atoms with E-state index in [4.69, 9.17) is 5.11 Å². The highest BCUT2D eigenvalue weighted by Crippen LogP contribution is 2.30. The van der Waals surface area contributed by atoms with Crippen molar-refractivity contribution >= 4 is 22.4 Å². The summed E-state index contributed by atoms with van der Waals surface area (Å²) in [5, 5.41) is 10.0. The van der Waals surface area contributed by atoms with Crippen molar-refractivity contribution in [3.63, 3.8) is 0 Å². The van der Waals surface area contributed by atoms with Gasteiger partial charge in [0.2, 0.25) is 0 Å². The average molecular weight is 254 g/mol. The van der Waals surface area contributed by atoms with Crippen LogP contribution in [0.3, 0.4) is 0 Å². The van der Waals surface area contributed by atoms with Crippen molar-refractivity contribution in [1.29, 1.82) is 0 Å². The van der Waals surface area contributed by atoms with E-state index in [0.717, 1.165) is 24.5 Å². The number of hydrogen-bond donors (Lipinski definition) is 1.